The minimum absolute atomic E-state index is 0.0320. The summed E-state index contributed by atoms with van der Waals surface area (Å²) in [6.07, 6.45) is 0.129. The van der Waals surface area contributed by atoms with Crippen molar-refractivity contribution >= 4 is 21.6 Å². The van der Waals surface area contributed by atoms with Crippen molar-refractivity contribution in [2.75, 3.05) is 6.54 Å². The van der Waals surface area contributed by atoms with Crippen molar-refractivity contribution in [1.82, 2.24) is 4.72 Å². The molecule has 1 aromatic carbocycles. The molecule has 1 aromatic rings. The average Bonchev–Trinajstić information content (AvgIpc) is 2.18. The highest BCUT2D eigenvalue weighted by Crippen LogP contribution is 2.19. The lowest BCUT2D eigenvalue weighted by Gasteiger charge is -2.05. The number of hydrogen-bond acceptors (Lipinski definition) is 3. The second-order valence-electron chi connectivity index (χ2n) is 2.74. The fourth-order valence-electron chi connectivity index (χ4n) is 0.982. The van der Waals surface area contributed by atoms with Crippen LogP contribution in [0.3, 0.4) is 0 Å². The molecule has 6 heteroatoms. The number of nitrogens with one attached hydrogen (secondary N) is 1. The molecule has 15 heavy (non-hydrogen) atoms. The molecule has 0 atom stereocenters. The lowest BCUT2D eigenvalue weighted by molar-refractivity contribution is 0.582. The molecular weight excluding hydrogens is 236 g/mol. The Morgan fingerprint density at radius 1 is 1.40 bits per heavy atom. The van der Waals surface area contributed by atoms with Crippen molar-refractivity contribution in [3.05, 3.63) is 29.3 Å². The van der Waals surface area contributed by atoms with E-state index in [4.69, 9.17) is 16.9 Å². The first kappa shape index (κ1) is 12.0. The Labute approximate surface area is 93.5 Å². The van der Waals surface area contributed by atoms with Gasteiger partial charge in [-0.3, -0.25) is 0 Å². The molecule has 0 bridgehead atoms. The Kier molecular flexibility index (Phi) is 4.09. The summed E-state index contributed by atoms with van der Waals surface area (Å²) in [6, 6.07) is 8.00. The Morgan fingerprint density at radius 2 is 2.07 bits per heavy atom. The molecule has 4 nitrogen and oxygen atoms in total. The average molecular weight is 245 g/mol. The highest BCUT2D eigenvalue weighted by atomic mass is 35.5. The third-order valence-electron chi connectivity index (χ3n) is 1.66. The van der Waals surface area contributed by atoms with Crippen molar-refractivity contribution < 1.29 is 8.42 Å². The third-order valence-corrected chi connectivity index (χ3v) is 3.62. The second kappa shape index (κ2) is 5.12. The van der Waals surface area contributed by atoms with Gasteiger partial charge in [0.15, 0.2) is 0 Å². The van der Waals surface area contributed by atoms with Gasteiger partial charge in [-0.1, -0.05) is 23.7 Å². The maximum absolute atomic E-state index is 11.6. The van der Waals surface area contributed by atoms with E-state index in [0.717, 1.165) is 0 Å². The van der Waals surface area contributed by atoms with E-state index in [1.54, 1.807) is 12.1 Å². The van der Waals surface area contributed by atoms with E-state index in [1.807, 2.05) is 6.07 Å². The van der Waals surface area contributed by atoms with Gasteiger partial charge in [-0.25, -0.2) is 13.1 Å². The number of benzene rings is 1. The molecule has 80 valence electrons. The molecule has 1 rings (SSSR count). The van der Waals surface area contributed by atoms with Crippen LogP contribution in [0.5, 0.6) is 0 Å². The maximum atomic E-state index is 11.6. The number of sulfonamides is 1. The molecule has 0 heterocycles. The predicted octanol–water partition coefficient (Wildman–Crippen LogP) is 1.53. The lowest BCUT2D eigenvalue weighted by Crippen LogP contribution is -2.24. The largest absolute Gasteiger partial charge is 0.242 e. The summed E-state index contributed by atoms with van der Waals surface area (Å²) in [5.74, 6) is 0. The van der Waals surface area contributed by atoms with Gasteiger partial charge in [0.1, 0.15) is 4.90 Å². The number of rotatable bonds is 4. The standard InChI is InChI=1S/C9H9ClN2O2S/c10-8-4-1-2-5-9(8)15(13,14)12-7-3-6-11/h1-2,4-5,12H,3,7H2. The van der Waals surface area contributed by atoms with Gasteiger partial charge in [0.25, 0.3) is 0 Å². The number of nitriles is 1. The normalized spacial score (nSPS) is 10.9. The topological polar surface area (TPSA) is 70.0 Å². The van der Waals surface area contributed by atoms with E-state index in [1.165, 1.54) is 12.1 Å². The molecule has 0 radical (unpaired) electrons. The Balaban J connectivity index is 2.88. The van der Waals surface area contributed by atoms with Gasteiger partial charge in [0, 0.05) is 13.0 Å². The van der Waals surface area contributed by atoms with Crippen LogP contribution < -0.4 is 4.72 Å². The first-order valence-corrected chi connectivity index (χ1v) is 6.05. The summed E-state index contributed by atoms with van der Waals surface area (Å²) in [6.45, 7) is 0.0874. The smallest absolute Gasteiger partial charge is 0.210 e. The minimum Gasteiger partial charge on any atom is -0.210 e. The Morgan fingerprint density at radius 3 is 2.67 bits per heavy atom. The van der Waals surface area contributed by atoms with Crippen LogP contribution in [0.4, 0.5) is 0 Å². The quantitative estimate of drug-likeness (QED) is 0.817. The van der Waals surface area contributed by atoms with Crippen LogP contribution in [0.15, 0.2) is 29.2 Å². The van der Waals surface area contributed by atoms with Gasteiger partial charge in [-0.2, -0.15) is 5.26 Å². The lowest BCUT2D eigenvalue weighted by atomic mass is 10.4. The van der Waals surface area contributed by atoms with Crippen LogP contribution in [-0.4, -0.2) is 15.0 Å². The molecule has 0 saturated carbocycles. The Hall–Kier alpha value is -1.09. The highest BCUT2D eigenvalue weighted by Gasteiger charge is 2.15. The van der Waals surface area contributed by atoms with Crippen molar-refractivity contribution in [3.63, 3.8) is 0 Å². The van der Waals surface area contributed by atoms with Gasteiger partial charge < -0.3 is 0 Å². The number of hydrogen-bond donors (Lipinski definition) is 1. The maximum Gasteiger partial charge on any atom is 0.242 e. The molecule has 0 amide bonds. The first-order valence-electron chi connectivity index (χ1n) is 4.19. The molecule has 1 N–H and O–H groups in total. The monoisotopic (exact) mass is 244 g/mol. The zero-order valence-corrected chi connectivity index (χ0v) is 9.35. The van der Waals surface area contributed by atoms with Gasteiger partial charge in [-0.05, 0) is 12.1 Å². The molecule has 0 aliphatic rings. The SMILES string of the molecule is N#CCCNS(=O)(=O)c1ccccc1Cl. The molecule has 0 aliphatic heterocycles. The van der Waals surface area contributed by atoms with Crippen molar-refractivity contribution in [3.8, 4) is 6.07 Å². The first-order chi connectivity index (χ1) is 7.08. The minimum atomic E-state index is -3.60. The molecule has 0 unspecified atom stereocenters. The second-order valence-corrected chi connectivity index (χ2v) is 4.88. The molecule has 0 saturated heterocycles. The zero-order valence-electron chi connectivity index (χ0n) is 7.77. The van der Waals surface area contributed by atoms with Crippen molar-refractivity contribution in [2.24, 2.45) is 0 Å². The van der Waals surface area contributed by atoms with E-state index in [0.29, 0.717) is 0 Å². The summed E-state index contributed by atoms with van der Waals surface area (Å²) in [4.78, 5) is 0.0320. The van der Waals surface area contributed by atoms with Crippen LogP contribution in [0.25, 0.3) is 0 Å². The van der Waals surface area contributed by atoms with E-state index in [9.17, 15) is 8.42 Å². The Bertz CT molecular complexity index is 479. The van der Waals surface area contributed by atoms with E-state index < -0.39 is 10.0 Å². The van der Waals surface area contributed by atoms with E-state index in [2.05, 4.69) is 4.72 Å². The third kappa shape index (κ3) is 3.20. The van der Waals surface area contributed by atoms with Crippen molar-refractivity contribution in [1.29, 1.82) is 5.26 Å². The van der Waals surface area contributed by atoms with E-state index >= 15 is 0 Å². The number of nitrogens with zero attached hydrogens (tertiary/aromatic N) is 1. The molecule has 0 aliphatic carbocycles. The van der Waals surface area contributed by atoms with Gasteiger partial charge in [-0.15, -0.1) is 0 Å². The van der Waals surface area contributed by atoms with Gasteiger partial charge >= 0.3 is 0 Å². The zero-order chi connectivity index (χ0) is 11.3. The van der Waals surface area contributed by atoms with Crippen LogP contribution in [0, 0.1) is 11.3 Å². The van der Waals surface area contributed by atoms with Crippen LogP contribution >= 0.6 is 11.6 Å². The van der Waals surface area contributed by atoms with Crippen molar-refractivity contribution in [2.45, 2.75) is 11.3 Å². The summed E-state index contributed by atoms with van der Waals surface area (Å²) >= 11 is 5.74. The summed E-state index contributed by atoms with van der Waals surface area (Å²) in [5.41, 5.74) is 0. The van der Waals surface area contributed by atoms with Crippen LogP contribution in [-0.2, 0) is 10.0 Å². The van der Waals surface area contributed by atoms with Crippen LogP contribution in [0.1, 0.15) is 6.42 Å². The number of halogens is 1. The molecule has 0 aromatic heterocycles. The van der Waals surface area contributed by atoms with E-state index in [-0.39, 0.29) is 22.9 Å². The molecular formula is C9H9ClN2O2S. The molecule has 0 fully saturated rings. The fraction of sp³-hybridized carbons (Fsp3) is 0.222. The highest BCUT2D eigenvalue weighted by molar-refractivity contribution is 7.89. The summed E-state index contributed by atoms with van der Waals surface area (Å²) < 4.78 is 25.5. The van der Waals surface area contributed by atoms with Gasteiger partial charge in [0.2, 0.25) is 10.0 Å². The van der Waals surface area contributed by atoms with Gasteiger partial charge in [0.05, 0.1) is 11.1 Å². The fourth-order valence-corrected chi connectivity index (χ4v) is 2.53. The summed E-state index contributed by atoms with van der Waals surface area (Å²) in [5, 5.41) is 8.45. The summed E-state index contributed by atoms with van der Waals surface area (Å²) in [7, 11) is -3.60. The van der Waals surface area contributed by atoms with Crippen LogP contribution in [0.2, 0.25) is 5.02 Å². The molecule has 0 spiro atoms. The predicted molar refractivity (Wildman–Crippen MR) is 56.9 cm³/mol.